The molecule has 0 saturated heterocycles. The molecule has 23 heavy (non-hydrogen) atoms. The monoisotopic (exact) mass is 312 g/mol. The Hall–Kier alpha value is -0.850. The summed E-state index contributed by atoms with van der Waals surface area (Å²) < 4.78 is 0. The summed E-state index contributed by atoms with van der Waals surface area (Å²) >= 11 is 0. The van der Waals surface area contributed by atoms with Crippen molar-refractivity contribution in [3.8, 4) is 0 Å². The molecular weight excluding hydrogens is 280 g/mol. The first-order valence-corrected chi connectivity index (χ1v) is 10.1. The minimum atomic E-state index is 0.390. The average Bonchev–Trinajstić information content (AvgIpc) is 2.89. The molecule has 0 aromatic heterocycles. The predicted molar refractivity (Wildman–Crippen MR) is 95.1 cm³/mol. The van der Waals surface area contributed by atoms with E-state index in [1.165, 1.54) is 56.9 Å². The molecule has 0 bridgehead atoms. The van der Waals surface area contributed by atoms with Crippen molar-refractivity contribution in [2.24, 2.45) is 29.1 Å². The molecule has 1 heteroatoms. The summed E-state index contributed by atoms with van der Waals surface area (Å²) in [5.41, 5.74) is 3.82. The maximum Gasteiger partial charge on any atom is 0.155 e. The van der Waals surface area contributed by atoms with Crippen LogP contribution in [0, 0.1) is 29.1 Å². The molecular formula is C22H32O. The number of allylic oxidation sites excluding steroid dienone is 3. The van der Waals surface area contributed by atoms with Gasteiger partial charge < -0.3 is 0 Å². The van der Waals surface area contributed by atoms with Gasteiger partial charge in [-0.05, 0) is 86.5 Å². The zero-order valence-electron chi connectivity index (χ0n) is 14.9. The fourth-order valence-corrected chi connectivity index (χ4v) is 6.68. The van der Waals surface area contributed by atoms with Crippen LogP contribution >= 0.6 is 0 Å². The lowest BCUT2D eigenvalue weighted by molar-refractivity contribution is -0.115. The second-order valence-electron chi connectivity index (χ2n) is 8.82. The number of hydrogen-bond acceptors (Lipinski definition) is 1. The highest BCUT2D eigenvalue weighted by atomic mass is 16.1. The predicted octanol–water partition coefficient (Wildman–Crippen LogP) is 5.85. The van der Waals surface area contributed by atoms with Gasteiger partial charge in [0.15, 0.2) is 5.78 Å². The van der Waals surface area contributed by atoms with E-state index in [2.05, 4.69) is 19.9 Å². The van der Waals surface area contributed by atoms with E-state index < -0.39 is 0 Å². The number of ketones is 1. The molecule has 126 valence electrons. The molecule has 0 N–H and O–H groups in total. The smallest absolute Gasteiger partial charge is 0.155 e. The van der Waals surface area contributed by atoms with Gasteiger partial charge in [0.1, 0.15) is 0 Å². The van der Waals surface area contributed by atoms with E-state index in [1.54, 1.807) is 5.57 Å². The minimum absolute atomic E-state index is 0.390. The summed E-state index contributed by atoms with van der Waals surface area (Å²) in [7, 11) is 0. The van der Waals surface area contributed by atoms with Crippen LogP contribution in [-0.4, -0.2) is 5.78 Å². The maximum absolute atomic E-state index is 11.8. The van der Waals surface area contributed by atoms with Crippen molar-refractivity contribution in [1.82, 2.24) is 0 Å². The third-order valence-electron chi connectivity index (χ3n) is 7.83. The van der Waals surface area contributed by atoms with Gasteiger partial charge in [-0.1, -0.05) is 37.5 Å². The molecule has 0 heterocycles. The van der Waals surface area contributed by atoms with E-state index in [-0.39, 0.29) is 0 Å². The molecule has 0 aromatic carbocycles. The Morgan fingerprint density at radius 3 is 2.83 bits per heavy atom. The Morgan fingerprint density at radius 1 is 1.13 bits per heavy atom. The third kappa shape index (κ3) is 2.46. The third-order valence-corrected chi connectivity index (χ3v) is 7.83. The summed E-state index contributed by atoms with van der Waals surface area (Å²) in [6.45, 7) is 4.88. The average molecular weight is 312 g/mol. The lowest BCUT2D eigenvalue weighted by Crippen LogP contribution is -2.45. The number of rotatable bonds is 2. The molecule has 4 aliphatic rings. The van der Waals surface area contributed by atoms with Crippen LogP contribution in [0.2, 0.25) is 0 Å². The molecule has 3 fully saturated rings. The zero-order valence-corrected chi connectivity index (χ0v) is 14.9. The van der Waals surface area contributed by atoms with Crippen LogP contribution in [0.4, 0.5) is 0 Å². The van der Waals surface area contributed by atoms with Gasteiger partial charge in [-0.3, -0.25) is 4.79 Å². The highest BCUT2D eigenvalue weighted by Gasteiger charge is 2.54. The molecule has 0 spiro atoms. The molecule has 4 aliphatic carbocycles. The van der Waals surface area contributed by atoms with Gasteiger partial charge in [0, 0.05) is 6.42 Å². The van der Waals surface area contributed by atoms with Gasteiger partial charge in [-0.2, -0.15) is 0 Å². The van der Waals surface area contributed by atoms with Crippen molar-refractivity contribution in [1.29, 1.82) is 0 Å². The van der Waals surface area contributed by atoms with Gasteiger partial charge in [0.05, 0.1) is 0 Å². The molecule has 1 nitrogen and oxygen atoms in total. The second kappa shape index (κ2) is 5.90. The van der Waals surface area contributed by atoms with Crippen LogP contribution in [-0.2, 0) is 4.79 Å². The fraction of sp³-hybridized carbons (Fsp3) is 0.773. The van der Waals surface area contributed by atoms with E-state index in [0.29, 0.717) is 11.2 Å². The normalized spacial score (nSPS) is 44.5. The van der Waals surface area contributed by atoms with Crippen molar-refractivity contribution in [2.75, 3.05) is 0 Å². The van der Waals surface area contributed by atoms with Crippen molar-refractivity contribution in [3.63, 3.8) is 0 Å². The molecule has 4 rings (SSSR count). The zero-order chi connectivity index (χ0) is 16.0. The van der Waals surface area contributed by atoms with Gasteiger partial charge in [0.2, 0.25) is 0 Å². The van der Waals surface area contributed by atoms with E-state index in [9.17, 15) is 4.79 Å². The van der Waals surface area contributed by atoms with E-state index >= 15 is 0 Å². The van der Waals surface area contributed by atoms with Crippen LogP contribution in [0.5, 0.6) is 0 Å². The Kier molecular flexibility index (Phi) is 4.02. The SMILES string of the molecule is CCCC=C1CCC2C3CCC4=CC(=O)CCC4C3CCC12C. The highest BCUT2D eigenvalue weighted by Crippen LogP contribution is 2.63. The maximum atomic E-state index is 11.8. The Morgan fingerprint density at radius 2 is 2.00 bits per heavy atom. The van der Waals surface area contributed by atoms with E-state index in [4.69, 9.17) is 0 Å². The fourth-order valence-electron chi connectivity index (χ4n) is 6.68. The van der Waals surface area contributed by atoms with Gasteiger partial charge in [0.25, 0.3) is 0 Å². The standard InChI is InChI=1S/C22H32O/c1-3-4-5-16-7-11-21-20-9-6-15-14-17(23)8-10-18(15)19(20)12-13-22(16,21)2/h5,14,18-21H,3-4,6-13H2,1-2H3. The van der Waals surface area contributed by atoms with Crippen LogP contribution < -0.4 is 0 Å². The van der Waals surface area contributed by atoms with Crippen molar-refractivity contribution >= 4 is 5.78 Å². The van der Waals surface area contributed by atoms with E-state index in [1.807, 2.05) is 6.08 Å². The summed E-state index contributed by atoms with van der Waals surface area (Å²) in [5.74, 6) is 3.87. The minimum Gasteiger partial charge on any atom is -0.295 e. The first-order chi connectivity index (χ1) is 11.1. The van der Waals surface area contributed by atoms with Crippen LogP contribution in [0.25, 0.3) is 0 Å². The number of unbranched alkanes of at least 4 members (excludes halogenated alkanes) is 1. The first kappa shape index (κ1) is 15.7. The van der Waals surface area contributed by atoms with Crippen molar-refractivity contribution in [3.05, 3.63) is 23.3 Å². The molecule has 3 saturated carbocycles. The Labute approximate surface area is 141 Å². The summed E-state index contributed by atoms with van der Waals surface area (Å²) in [6, 6.07) is 0. The molecule has 0 aliphatic heterocycles. The van der Waals surface area contributed by atoms with Gasteiger partial charge >= 0.3 is 0 Å². The lowest BCUT2D eigenvalue weighted by Gasteiger charge is -2.53. The van der Waals surface area contributed by atoms with Crippen molar-refractivity contribution in [2.45, 2.75) is 78.1 Å². The molecule has 0 amide bonds. The number of hydrogen-bond donors (Lipinski definition) is 0. The first-order valence-electron chi connectivity index (χ1n) is 10.1. The summed E-state index contributed by atoms with van der Waals surface area (Å²) in [6.07, 6.45) is 17.3. The Bertz CT molecular complexity index is 554. The molecule has 0 radical (unpaired) electrons. The van der Waals surface area contributed by atoms with Crippen LogP contribution in [0.3, 0.4) is 0 Å². The Balaban J connectivity index is 1.59. The lowest BCUT2D eigenvalue weighted by atomic mass is 9.52. The van der Waals surface area contributed by atoms with E-state index in [0.717, 1.165) is 36.5 Å². The largest absolute Gasteiger partial charge is 0.295 e. The quantitative estimate of drug-likeness (QED) is 0.584. The second-order valence-corrected chi connectivity index (χ2v) is 8.82. The highest BCUT2D eigenvalue weighted by molar-refractivity contribution is 5.91. The summed E-state index contributed by atoms with van der Waals surface area (Å²) in [5, 5.41) is 0. The van der Waals surface area contributed by atoms with Crippen LogP contribution in [0.15, 0.2) is 23.3 Å². The number of carbonyl (C=O) groups is 1. The summed E-state index contributed by atoms with van der Waals surface area (Å²) in [4.78, 5) is 11.8. The molecule has 5 unspecified atom stereocenters. The molecule has 5 atom stereocenters. The topological polar surface area (TPSA) is 17.1 Å². The van der Waals surface area contributed by atoms with Crippen LogP contribution in [0.1, 0.15) is 78.1 Å². The number of fused-ring (bicyclic) bond motifs is 5. The number of carbonyl (C=O) groups excluding carboxylic acids is 1. The van der Waals surface area contributed by atoms with Crippen molar-refractivity contribution < 1.29 is 4.79 Å². The van der Waals surface area contributed by atoms with Gasteiger partial charge in [-0.15, -0.1) is 0 Å². The van der Waals surface area contributed by atoms with Gasteiger partial charge in [-0.25, -0.2) is 0 Å². The molecule has 0 aromatic rings.